The van der Waals surface area contributed by atoms with Gasteiger partial charge in [0.1, 0.15) is 0 Å². The van der Waals surface area contributed by atoms with Gasteiger partial charge in [-0.05, 0) is 26.0 Å². The Balaban J connectivity index is 2.45. The van der Waals surface area contributed by atoms with Crippen molar-refractivity contribution < 1.29 is 14.1 Å². The van der Waals surface area contributed by atoms with Gasteiger partial charge in [-0.3, -0.25) is 10.1 Å². The molecule has 0 aliphatic carbocycles. The van der Waals surface area contributed by atoms with Gasteiger partial charge in [0.25, 0.3) is 5.70 Å². The smallest absolute Gasteiger partial charge is 0.284 e. The number of nitro groups is 1. The summed E-state index contributed by atoms with van der Waals surface area (Å²) >= 11 is 0. The minimum atomic E-state index is -0.515. The van der Waals surface area contributed by atoms with Crippen LogP contribution in [-0.4, -0.2) is 24.6 Å². The minimum Gasteiger partial charge on any atom is -0.479 e. The summed E-state index contributed by atoms with van der Waals surface area (Å²) in [6.45, 7) is 5.03. The van der Waals surface area contributed by atoms with E-state index >= 15 is 0 Å². The fourth-order valence-electron chi connectivity index (χ4n) is 2.10. The number of benzene rings is 1. The van der Waals surface area contributed by atoms with Crippen molar-refractivity contribution in [2.45, 2.75) is 13.8 Å². The van der Waals surface area contributed by atoms with Crippen molar-refractivity contribution in [3.05, 3.63) is 39.3 Å². The number of hydrogen-bond acceptors (Lipinski definition) is 4. The van der Waals surface area contributed by atoms with E-state index in [-0.39, 0.29) is 18.1 Å². The van der Waals surface area contributed by atoms with E-state index in [1.807, 2.05) is 18.7 Å². The summed E-state index contributed by atoms with van der Waals surface area (Å²) in [6.07, 6.45) is 1.36. The average molecular weight is 266 g/mol. The Morgan fingerprint density at radius 2 is 2.11 bits per heavy atom. The SMILES string of the molecule is CCN(CC)c1ccc2c(c1F)OCC([N+](=O)[O-])=C2. The molecule has 0 radical (unpaired) electrons. The molecule has 1 heterocycles. The zero-order valence-corrected chi connectivity index (χ0v) is 10.9. The number of nitrogens with zero attached hydrogens (tertiary/aromatic N) is 2. The number of rotatable bonds is 4. The van der Waals surface area contributed by atoms with Gasteiger partial charge in [0, 0.05) is 24.7 Å². The van der Waals surface area contributed by atoms with Crippen molar-refractivity contribution in [2.75, 3.05) is 24.6 Å². The molecule has 5 nitrogen and oxygen atoms in total. The molecule has 0 saturated heterocycles. The zero-order chi connectivity index (χ0) is 14.0. The second kappa shape index (κ2) is 5.26. The van der Waals surface area contributed by atoms with Gasteiger partial charge in [-0.2, -0.15) is 0 Å². The van der Waals surface area contributed by atoms with E-state index in [4.69, 9.17) is 4.74 Å². The van der Waals surface area contributed by atoms with Crippen molar-refractivity contribution in [1.82, 2.24) is 0 Å². The first kappa shape index (κ1) is 13.3. The van der Waals surface area contributed by atoms with E-state index in [1.54, 1.807) is 12.1 Å². The van der Waals surface area contributed by atoms with Crippen LogP contribution in [0.5, 0.6) is 5.75 Å². The van der Waals surface area contributed by atoms with Gasteiger partial charge in [-0.25, -0.2) is 4.39 Å². The van der Waals surface area contributed by atoms with Gasteiger partial charge < -0.3 is 9.64 Å². The summed E-state index contributed by atoms with van der Waals surface area (Å²) in [7, 11) is 0. The number of halogens is 1. The summed E-state index contributed by atoms with van der Waals surface area (Å²) in [5, 5.41) is 10.7. The highest BCUT2D eigenvalue weighted by molar-refractivity contribution is 5.67. The molecule has 0 amide bonds. The molecule has 0 saturated carbocycles. The molecule has 0 fully saturated rings. The molecular formula is C13H15FN2O3. The largest absolute Gasteiger partial charge is 0.479 e. The Labute approximate surface area is 110 Å². The van der Waals surface area contributed by atoms with Crippen LogP contribution in [0.3, 0.4) is 0 Å². The quantitative estimate of drug-likeness (QED) is 0.621. The lowest BCUT2D eigenvalue weighted by molar-refractivity contribution is -0.427. The van der Waals surface area contributed by atoms with Crippen LogP contribution in [0.2, 0.25) is 0 Å². The van der Waals surface area contributed by atoms with Crippen molar-refractivity contribution in [2.24, 2.45) is 0 Å². The van der Waals surface area contributed by atoms with Crippen LogP contribution in [0, 0.1) is 15.9 Å². The van der Waals surface area contributed by atoms with Crippen LogP contribution in [0.4, 0.5) is 10.1 Å². The molecule has 1 aromatic rings. The number of fused-ring (bicyclic) bond motifs is 1. The average Bonchev–Trinajstić information content (AvgIpc) is 2.42. The molecule has 19 heavy (non-hydrogen) atoms. The van der Waals surface area contributed by atoms with Crippen molar-refractivity contribution >= 4 is 11.8 Å². The summed E-state index contributed by atoms with van der Waals surface area (Å²) in [5.74, 6) is -0.366. The molecule has 1 aliphatic heterocycles. The molecule has 6 heteroatoms. The maximum absolute atomic E-state index is 14.3. The molecule has 0 atom stereocenters. The highest BCUT2D eigenvalue weighted by Crippen LogP contribution is 2.35. The summed E-state index contributed by atoms with van der Waals surface area (Å²) < 4.78 is 19.5. The van der Waals surface area contributed by atoms with Crippen molar-refractivity contribution in [3.63, 3.8) is 0 Å². The Kier molecular flexibility index (Phi) is 3.69. The van der Waals surface area contributed by atoms with Crippen LogP contribution in [-0.2, 0) is 0 Å². The van der Waals surface area contributed by atoms with Crippen LogP contribution >= 0.6 is 0 Å². The zero-order valence-electron chi connectivity index (χ0n) is 10.9. The molecule has 2 rings (SSSR count). The standard InChI is InChI=1S/C13H15FN2O3/c1-3-15(4-2)11-6-5-9-7-10(16(17)18)8-19-13(9)12(11)14/h5-7H,3-4,8H2,1-2H3. The van der Waals surface area contributed by atoms with Gasteiger partial charge in [-0.1, -0.05) is 0 Å². The number of ether oxygens (including phenoxy) is 1. The van der Waals surface area contributed by atoms with E-state index in [2.05, 4.69) is 0 Å². The predicted molar refractivity (Wildman–Crippen MR) is 70.4 cm³/mol. The number of hydrogen-bond donors (Lipinski definition) is 0. The molecule has 0 spiro atoms. The van der Waals surface area contributed by atoms with Gasteiger partial charge in [0.15, 0.2) is 18.2 Å². The van der Waals surface area contributed by atoms with Crippen LogP contribution in [0.25, 0.3) is 6.08 Å². The second-order valence-corrected chi connectivity index (χ2v) is 4.17. The van der Waals surface area contributed by atoms with E-state index < -0.39 is 10.7 Å². The number of anilines is 1. The lowest BCUT2D eigenvalue weighted by Crippen LogP contribution is -2.24. The summed E-state index contributed by atoms with van der Waals surface area (Å²) in [5.41, 5.74) is 0.801. The van der Waals surface area contributed by atoms with Crippen LogP contribution in [0.1, 0.15) is 19.4 Å². The topological polar surface area (TPSA) is 55.6 Å². The first-order valence-electron chi connectivity index (χ1n) is 6.13. The first-order valence-corrected chi connectivity index (χ1v) is 6.13. The highest BCUT2D eigenvalue weighted by atomic mass is 19.1. The van der Waals surface area contributed by atoms with E-state index in [0.29, 0.717) is 24.3 Å². The molecule has 0 bridgehead atoms. The maximum Gasteiger partial charge on any atom is 0.284 e. The molecule has 1 aliphatic rings. The Morgan fingerprint density at radius 3 is 2.68 bits per heavy atom. The fraction of sp³-hybridized carbons (Fsp3) is 0.385. The first-order chi connectivity index (χ1) is 9.08. The summed E-state index contributed by atoms with van der Waals surface area (Å²) in [4.78, 5) is 12.0. The summed E-state index contributed by atoms with van der Waals surface area (Å²) in [6, 6.07) is 3.28. The van der Waals surface area contributed by atoms with E-state index in [9.17, 15) is 14.5 Å². The third-order valence-corrected chi connectivity index (χ3v) is 3.13. The Morgan fingerprint density at radius 1 is 1.42 bits per heavy atom. The fourth-order valence-corrected chi connectivity index (χ4v) is 2.10. The maximum atomic E-state index is 14.3. The monoisotopic (exact) mass is 266 g/mol. The van der Waals surface area contributed by atoms with Crippen molar-refractivity contribution in [1.29, 1.82) is 0 Å². The molecular weight excluding hydrogens is 251 g/mol. The minimum absolute atomic E-state index is 0.0671. The van der Waals surface area contributed by atoms with Crippen molar-refractivity contribution in [3.8, 4) is 5.75 Å². The lowest BCUT2D eigenvalue weighted by Gasteiger charge is -2.24. The second-order valence-electron chi connectivity index (χ2n) is 4.17. The van der Waals surface area contributed by atoms with E-state index in [1.165, 1.54) is 6.08 Å². The van der Waals surface area contributed by atoms with Gasteiger partial charge in [0.05, 0.1) is 10.6 Å². The van der Waals surface area contributed by atoms with Crippen LogP contribution in [0.15, 0.2) is 17.8 Å². The van der Waals surface area contributed by atoms with Gasteiger partial charge >= 0.3 is 0 Å². The van der Waals surface area contributed by atoms with Gasteiger partial charge in [-0.15, -0.1) is 0 Å². The predicted octanol–water partition coefficient (Wildman–Crippen LogP) is 2.68. The Bertz CT molecular complexity index is 539. The molecule has 0 aromatic heterocycles. The molecule has 0 unspecified atom stereocenters. The van der Waals surface area contributed by atoms with Crippen LogP contribution < -0.4 is 9.64 Å². The third-order valence-electron chi connectivity index (χ3n) is 3.13. The molecule has 102 valence electrons. The normalized spacial score (nSPS) is 13.3. The third kappa shape index (κ3) is 2.38. The Hall–Kier alpha value is -2.11. The van der Waals surface area contributed by atoms with Gasteiger partial charge in [0.2, 0.25) is 0 Å². The highest BCUT2D eigenvalue weighted by Gasteiger charge is 2.24. The van der Waals surface area contributed by atoms with E-state index in [0.717, 1.165) is 0 Å². The lowest BCUT2D eigenvalue weighted by atomic mass is 10.1. The molecule has 0 N–H and O–H groups in total. The molecule has 1 aromatic carbocycles.